The summed E-state index contributed by atoms with van der Waals surface area (Å²) < 4.78 is 51.5. The monoisotopic (exact) mass is 555 g/mol. The van der Waals surface area contributed by atoms with Crippen LogP contribution in [0.2, 0.25) is 0 Å². The van der Waals surface area contributed by atoms with Gasteiger partial charge in [-0.05, 0) is 73.2 Å². The largest absolute Gasteiger partial charge is 0.497 e. The maximum Gasteiger partial charge on any atom is 0.261 e. The molecule has 0 aliphatic heterocycles. The second-order valence-corrected chi connectivity index (χ2v) is 10.1. The zero-order valence-corrected chi connectivity index (χ0v) is 22.4. The number of hydrogen-bond donors (Lipinski definition) is 2. The smallest absolute Gasteiger partial charge is 0.261 e. The maximum atomic E-state index is 13.2. The van der Waals surface area contributed by atoms with Crippen molar-refractivity contribution in [3.05, 3.63) is 96.8 Å². The zero-order valence-electron chi connectivity index (χ0n) is 21.6. The van der Waals surface area contributed by atoms with Crippen LogP contribution in [0.4, 0.5) is 10.1 Å². The molecule has 2 N–H and O–H groups in total. The Morgan fingerprint density at radius 2 is 1.62 bits per heavy atom. The fourth-order valence-electron chi connectivity index (χ4n) is 3.51. The van der Waals surface area contributed by atoms with Gasteiger partial charge in [-0.15, -0.1) is 6.58 Å². The quantitative estimate of drug-likeness (QED) is 0.311. The molecule has 0 heterocycles. The average molecular weight is 556 g/mol. The molecule has 3 aromatic carbocycles. The molecule has 1 atom stereocenters. The van der Waals surface area contributed by atoms with Gasteiger partial charge < -0.3 is 19.7 Å². The molecule has 0 aliphatic carbocycles. The third-order valence-corrected chi connectivity index (χ3v) is 7.09. The first-order valence-corrected chi connectivity index (χ1v) is 13.4. The SMILES string of the molecule is C=CCNC(=O)[C@H](C)N(Cc1ccc(OC)cc1)C(=O)COc1ccc(S(=O)(=O)Nc2ccc(F)cc2)cc1. The Labute approximate surface area is 227 Å². The lowest BCUT2D eigenvalue weighted by atomic mass is 10.1. The lowest BCUT2D eigenvalue weighted by Crippen LogP contribution is -2.49. The normalized spacial score (nSPS) is 11.7. The van der Waals surface area contributed by atoms with Gasteiger partial charge in [0.25, 0.3) is 15.9 Å². The van der Waals surface area contributed by atoms with Crippen molar-refractivity contribution in [1.29, 1.82) is 0 Å². The highest BCUT2D eigenvalue weighted by atomic mass is 32.2. The van der Waals surface area contributed by atoms with Gasteiger partial charge in [0.2, 0.25) is 5.91 Å². The molecule has 0 spiro atoms. The minimum absolute atomic E-state index is 0.0425. The Hall–Kier alpha value is -4.38. The van der Waals surface area contributed by atoms with E-state index < -0.39 is 27.8 Å². The summed E-state index contributed by atoms with van der Waals surface area (Å²) in [7, 11) is -2.37. The average Bonchev–Trinajstić information content (AvgIpc) is 2.94. The number of rotatable bonds is 13. The standard InChI is InChI=1S/C28H30FN3O6S/c1-4-17-30-28(34)20(2)32(18-21-5-11-24(37-3)12-6-21)27(33)19-38-25-13-15-26(16-14-25)39(35,36)31-23-9-7-22(29)8-10-23/h4-16,20,31H,1,17-19H2,2-3H3,(H,30,34)/t20-/m0/s1. The molecule has 0 saturated carbocycles. The maximum absolute atomic E-state index is 13.2. The number of methoxy groups -OCH3 is 1. The van der Waals surface area contributed by atoms with Gasteiger partial charge in [0, 0.05) is 18.8 Å². The van der Waals surface area contributed by atoms with E-state index in [2.05, 4.69) is 16.6 Å². The minimum atomic E-state index is -3.92. The molecule has 11 heteroatoms. The van der Waals surface area contributed by atoms with Crippen molar-refractivity contribution < 1.29 is 31.9 Å². The van der Waals surface area contributed by atoms with Crippen molar-refractivity contribution in [1.82, 2.24) is 10.2 Å². The molecule has 0 saturated heterocycles. The Morgan fingerprint density at radius 1 is 1.00 bits per heavy atom. The topological polar surface area (TPSA) is 114 Å². The van der Waals surface area contributed by atoms with Crippen LogP contribution in [0.15, 0.2) is 90.3 Å². The number of anilines is 1. The van der Waals surface area contributed by atoms with Crippen LogP contribution in [0.3, 0.4) is 0 Å². The van der Waals surface area contributed by atoms with E-state index in [0.29, 0.717) is 5.75 Å². The van der Waals surface area contributed by atoms with Crippen LogP contribution < -0.4 is 19.5 Å². The fourth-order valence-corrected chi connectivity index (χ4v) is 4.56. The number of carbonyl (C=O) groups is 2. The van der Waals surface area contributed by atoms with Gasteiger partial charge in [-0.25, -0.2) is 12.8 Å². The Morgan fingerprint density at radius 3 is 2.21 bits per heavy atom. The predicted molar refractivity (Wildman–Crippen MR) is 145 cm³/mol. The first kappa shape index (κ1) is 29.2. The van der Waals surface area contributed by atoms with Crippen molar-refractivity contribution in [2.45, 2.75) is 24.4 Å². The first-order chi connectivity index (χ1) is 18.6. The molecule has 0 aromatic heterocycles. The van der Waals surface area contributed by atoms with Gasteiger partial charge in [-0.1, -0.05) is 18.2 Å². The van der Waals surface area contributed by atoms with E-state index in [1.165, 1.54) is 41.3 Å². The van der Waals surface area contributed by atoms with E-state index in [-0.39, 0.29) is 41.9 Å². The summed E-state index contributed by atoms with van der Waals surface area (Å²) in [6.45, 7) is 5.23. The summed E-state index contributed by atoms with van der Waals surface area (Å²) >= 11 is 0. The Kier molecular flexibility index (Phi) is 10.0. The molecule has 3 rings (SSSR count). The van der Waals surface area contributed by atoms with E-state index in [9.17, 15) is 22.4 Å². The van der Waals surface area contributed by atoms with Crippen molar-refractivity contribution >= 4 is 27.5 Å². The van der Waals surface area contributed by atoms with Crippen molar-refractivity contribution in [3.8, 4) is 11.5 Å². The van der Waals surface area contributed by atoms with E-state index in [0.717, 1.165) is 17.7 Å². The summed E-state index contributed by atoms with van der Waals surface area (Å²) in [5.41, 5.74) is 1.00. The molecule has 0 unspecified atom stereocenters. The Balaban J connectivity index is 1.68. The van der Waals surface area contributed by atoms with Gasteiger partial charge in [-0.2, -0.15) is 0 Å². The Bertz CT molecular complexity index is 1380. The molecule has 0 bridgehead atoms. The fraction of sp³-hybridized carbons (Fsp3) is 0.214. The molecule has 0 fully saturated rings. The summed E-state index contributed by atoms with van der Waals surface area (Å²) in [6, 6.07) is 16.7. The third-order valence-electron chi connectivity index (χ3n) is 5.69. The van der Waals surface area contributed by atoms with E-state index in [1.807, 2.05) is 0 Å². The number of amides is 2. The highest BCUT2D eigenvalue weighted by molar-refractivity contribution is 7.92. The predicted octanol–water partition coefficient (Wildman–Crippen LogP) is 3.73. The molecule has 39 heavy (non-hydrogen) atoms. The first-order valence-electron chi connectivity index (χ1n) is 11.9. The van der Waals surface area contributed by atoms with Crippen molar-refractivity contribution in [2.75, 3.05) is 25.0 Å². The van der Waals surface area contributed by atoms with Gasteiger partial charge in [0.05, 0.1) is 12.0 Å². The summed E-state index contributed by atoms with van der Waals surface area (Å²) in [5.74, 6) is -0.350. The summed E-state index contributed by atoms with van der Waals surface area (Å²) in [4.78, 5) is 27.1. The highest BCUT2D eigenvalue weighted by Gasteiger charge is 2.26. The molecule has 2 amide bonds. The number of carbonyl (C=O) groups excluding carboxylic acids is 2. The number of hydrogen-bond acceptors (Lipinski definition) is 6. The number of nitrogens with one attached hydrogen (secondary N) is 2. The van der Waals surface area contributed by atoms with E-state index >= 15 is 0 Å². The van der Waals surface area contributed by atoms with E-state index in [4.69, 9.17) is 9.47 Å². The van der Waals surface area contributed by atoms with E-state index in [1.54, 1.807) is 44.4 Å². The van der Waals surface area contributed by atoms with Gasteiger partial charge in [-0.3, -0.25) is 14.3 Å². The molecular formula is C28H30FN3O6S. The number of benzene rings is 3. The van der Waals surface area contributed by atoms with Crippen LogP contribution in [-0.4, -0.2) is 51.4 Å². The molecule has 206 valence electrons. The van der Waals surface area contributed by atoms with Crippen LogP contribution in [0.1, 0.15) is 12.5 Å². The van der Waals surface area contributed by atoms with Gasteiger partial charge in [0.1, 0.15) is 23.4 Å². The number of halogens is 1. The van der Waals surface area contributed by atoms with Crippen LogP contribution in [0, 0.1) is 5.82 Å². The van der Waals surface area contributed by atoms with Crippen LogP contribution in [0.5, 0.6) is 11.5 Å². The minimum Gasteiger partial charge on any atom is -0.497 e. The number of nitrogens with zero attached hydrogens (tertiary/aromatic N) is 1. The lowest BCUT2D eigenvalue weighted by molar-refractivity contribution is -0.142. The highest BCUT2D eigenvalue weighted by Crippen LogP contribution is 2.20. The molecular weight excluding hydrogens is 525 g/mol. The summed E-state index contributed by atoms with van der Waals surface area (Å²) in [6.07, 6.45) is 1.54. The third kappa shape index (κ3) is 8.30. The number of ether oxygens (including phenoxy) is 2. The lowest BCUT2D eigenvalue weighted by Gasteiger charge is -2.28. The summed E-state index contributed by atoms with van der Waals surface area (Å²) in [5, 5.41) is 2.69. The van der Waals surface area contributed by atoms with Crippen LogP contribution in [-0.2, 0) is 26.2 Å². The second kappa shape index (κ2) is 13.4. The van der Waals surface area contributed by atoms with Crippen molar-refractivity contribution in [2.24, 2.45) is 0 Å². The van der Waals surface area contributed by atoms with Gasteiger partial charge >= 0.3 is 0 Å². The zero-order chi connectivity index (χ0) is 28.4. The molecule has 9 nitrogen and oxygen atoms in total. The second-order valence-electron chi connectivity index (χ2n) is 8.45. The van der Waals surface area contributed by atoms with Gasteiger partial charge in [0.15, 0.2) is 6.61 Å². The van der Waals surface area contributed by atoms with Crippen LogP contribution in [0.25, 0.3) is 0 Å². The molecule has 3 aromatic rings. The van der Waals surface area contributed by atoms with Crippen LogP contribution >= 0.6 is 0 Å². The number of sulfonamides is 1. The van der Waals surface area contributed by atoms with Crippen molar-refractivity contribution in [3.63, 3.8) is 0 Å². The molecule has 0 radical (unpaired) electrons. The molecule has 0 aliphatic rings.